The predicted octanol–water partition coefficient (Wildman–Crippen LogP) is -0.188. The van der Waals surface area contributed by atoms with Gasteiger partial charge in [0.15, 0.2) is 23.1 Å². The van der Waals surface area contributed by atoms with Crippen LogP contribution in [0.2, 0.25) is 0 Å². The molecule has 0 radical (unpaired) electrons. The van der Waals surface area contributed by atoms with E-state index >= 15 is 0 Å². The normalized spacial score (nSPS) is 31.3. The molecule has 3 rings (SSSR count). The number of nitrogens with zero attached hydrogens (tertiary/aromatic N) is 6. The largest absolute Gasteiger partial charge is 0.387 e. The Morgan fingerprint density at radius 3 is 3.05 bits per heavy atom. The van der Waals surface area contributed by atoms with Crippen molar-refractivity contribution in [3.63, 3.8) is 0 Å². The quantitative estimate of drug-likeness (QED) is 0.205. The van der Waals surface area contributed by atoms with Gasteiger partial charge in [0.25, 0.3) is 5.56 Å². The van der Waals surface area contributed by atoms with Gasteiger partial charge in [0.05, 0.1) is 12.7 Å². The highest BCUT2D eigenvalue weighted by Gasteiger charge is 2.54. The maximum atomic E-state index is 11.6. The number of alkyl halides is 1. The molecule has 1 aliphatic rings. The SMILES string of the molecule is [N-]=[N+]=N[C@]1(CI)O[C@@H](n2cnc3c(=O)[nH]cnc32)[C@H](O)[C@@H]1O. The van der Waals surface area contributed by atoms with Crippen LogP contribution < -0.4 is 5.56 Å². The number of azide groups is 1. The van der Waals surface area contributed by atoms with Crippen LogP contribution in [-0.4, -0.2) is 52.1 Å². The fraction of sp³-hybridized carbons (Fsp3) is 0.500. The number of rotatable bonds is 3. The molecule has 12 heteroatoms. The van der Waals surface area contributed by atoms with E-state index in [1.165, 1.54) is 17.2 Å². The Labute approximate surface area is 135 Å². The highest BCUT2D eigenvalue weighted by Crippen LogP contribution is 2.40. The number of aliphatic hydroxyl groups is 2. The van der Waals surface area contributed by atoms with Crippen molar-refractivity contribution in [2.75, 3.05) is 4.43 Å². The molecule has 2 aromatic heterocycles. The molecule has 0 amide bonds. The summed E-state index contributed by atoms with van der Waals surface area (Å²) < 4.78 is 7.05. The third-order valence-electron chi connectivity index (χ3n) is 3.45. The first kappa shape index (κ1) is 15.2. The fourth-order valence-electron chi connectivity index (χ4n) is 2.34. The molecular weight excluding hydrogens is 409 g/mol. The summed E-state index contributed by atoms with van der Waals surface area (Å²) in [5, 5.41) is 23.9. The maximum absolute atomic E-state index is 11.6. The van der Waals surface area contributed by atoms with Crippen LogP contribution in [-0.2, 0) is 4.74 Å². The molecule has 11 nitrogen and oxygen atoms in total. The third-order valence-corrected chi connectivity index (χ3v) is 4.54. The van der Waals surface area contributed by atoms with E-state index in [9.17, 15) is 15.0 Å². The highest BCUT2D eigenvalue weighted by molar-refractivity contribution is 14.1. The molecule has 4 atom stereocenters. The lowest BCUT2D eigenvalue weighted by Crippen LogP contribution is -2.42. The average Bonchev–Trinajstić information content (AvgIpc) is 3.04. The smallest absolute Gasteiger partial charge is 0.278 e. The molecule has 116 valence electrons. The van der Waals surface area contributed by atoms with Crippen LogP contribution in [0.15, 0.2) is 22.6 Å². The number of nitrogens with one attached hydrogen (secondary N) is 1. The number of aliphatic hydroxyl groups excluding tert-OH is 2. The minimum atomic E-state index is -1.60. The summed E-state index contributed by atoms with van der Waals surface area (Å²) >= 11 is 1.89. The van der Waals surface area contributed by atoms with Crippen LogP contribution >= 0.6 is 22.6 Å². The van der Waals surface area contributed by atoms with Crippen molar-refractivity contribution in [2.24, 2.45) is 5.11 Å². The van der Waals surface area contributed by atoms with Crippen molar-refractivity contribution < 1.29 is 14.9 Å². The van der Waals surface area contributed by atoms with Gasteiger partial charge in [-0.05, 0) is 5.53 Å². The molecule has 0 unspecified atom stereocenters. The van der Waals surface area contributed by atoms with Gasteiger partial charge in [-0.1, -0.05) is 27.7 Å². The van der Waals surface area contributed by atoms with Gasteiger partial charge in [0, 0.05) is 9.34 Å². The molecule has 1 fully saturated rings. The summed E-state index contributed by atoms with van der Waals surface area (Å²) in [5.74, 6) is 0. The zero-order chi connectivity index (χ0) is 15.9. The number of aromatic amines is 1. The van der Waals surface area contributed by atoms with Crippen molar-refractivity contribution in [2.45, 2.75) is 24.2 Å². The summed E-state index contributed by atoms with van der Waals surface area (Å²) in [6.07, 6.45) is -1.43. The van der Waals surface area contributed by atoms with Crippen LogP contribution in [0.1, 0.15) is 6.23 Å². The minimum Gasteiger partial charge on any atom is -0.387 e. The Morgan fingerprint density at radius 2 is 2.36 bits per heavy atom. The number of halogens is 1. The van der Waals surface area contributed by atoms with Gasteiger partial charge < -0.3 is 19.9 Å². The molecule has 3 N–H and O–H groups in total. The van der Waals surface area contributed by atoms with Crippen LogP contribution in [0.5, 0.6) is 0 Å². The van der Waals surface area contributed by atoms with Crippen molar-refractivity contribution in [3.05, 3.63) is 33.5 Å². The van der Waals surface area contributed by atoms with Crippen molar-refractivity contribution in [1.82, 2.24) is 19.5 Å². The molecule has 0 bridgehead atoms. The average molecular weight is 419 g/mol. The Morgan fingerprint density at radius 1 is 1.59 bits per heavy atom. The summed E-state index contributed by atoms with van der Waals surface area (Å²) in [7, 11) is 0. The molecule has 0 aliphatic carbocycles. The first-order valence-electron chi connectivity index (χ1n) is 6.10. The molecule has 22 heavy (non-hydrogen) atoms. The molecule has 1 saturated heterocycles. The molecule has 0 saturated carbocycles. The van der Waals surface area contributed by atoms with Gasteiger partial charge in [-0.2, -0.15) is 0 Å². The van der Waals surface area contributed by atoms with Gasteiger partial charge in [-0.3, -0.25) is 9.36 Å². The summed E-state index contributed by atoms with van der Waals surface area (Å²) in [5.41, 5.74) is 6.88. The molecule has 1 aliphatic heterocycles. The number of aromatic nitrogens is 4. The van der Waals surface area contributed by atoms with E-state index in [4.69, 9.17) is 10.3 Å². The Kier molecular flexibility index (Phi) is 3.78. The van der Waals surface area contributed by atoms with Crippen molar-refractivity contribution in [3.8, 4) is 0 Å². The molecule has 0 aromatic carbocycles. The van der Waals surface area contributed by atoms with Crippen molar-refractivity contribution >= 4 is 33.8 Å². The van der Waals surface area contributed by atoms with E-state index in [0.29, 0.717) is 0 Å². The number of hydrogen-bond acceptors (Lipinski definition) is 7. The van der Waals surface area contributed by atoms with E-state index in [2.05, 4.69) is 25.0 Å². The molecule has 0 spiro atoms. The predicted molar refractivity (Wildman–Crippen MR) is 81.0 cm³/mol. The van der Waals surface area contributed by atoms with Crippen LogP contribution in [0.4, 0.5) is 0 Å². The third kappa shape index (κ3) is 2.07. The number of ether oxygens (including phenoxy) is 1. The first-order chi connectivity index (χ1) is 10.5. The lowest BCUT2D eigenvalue weighted by atomic mass is 10.1. The lowest BCUT2D eigenvalue weighted by Gasteiger charge is -2.23. The lowest BCUT2D eigenvalue weighted by molar-refractivity contribution is -0.0824. The molecule has 2 aromatic rings. The fourth-order valence-corrected chi connectivity index (χ4v) is 3.12. The minimum absolute atomic E-state index is 0.0727. The van der Waals surface area contributed by atoms with Gasteiger partial charge >= 0.3 is 0 Å². The topological polar surface area (TPSA) is 162 Å². The van der Waals surface area contributed by atoms with Gasteiger partial charge in [-0.25, -0.2) is 9.97 Å². The second kappa shape index (κ2) is 5.48. The van der Waals surface area contributed by atoms with Crippen LogP contribution in [0.25, 0.3) is 21.6 Å². The van der Waals surface area contributed by atoms with Gasteiger partial charge in [0.2, 0.25) is 0 Å². The number of imidazole rings is 1. The van der Waals surface area contributed by atoms with E-state index in [-0.39, 0.29) is 15.6 Å². The van der Waals surface area contributed by atoms with E-state index in [1.807, 2.05) is 22.6 Å². The number of H-pyrrole nitrogens is 1. The maximum Gasteiger partial charge on any atom is 0.278 e. The monoisotopic (exact) mass is 419 g/mol. The van der Waals surface area contributed by atoms with Crippen molar-refractivity contribution in [1.29, 1.82) is 0 Å². The van der Waals surface area contributed by atoms with Crippen LogP contribution in [0.3, 0.4) is 0 Å². The zero-order valence-electron chi connectivity index (χ0n) is 10.9. The number of fused-ring (bicyclic) bond motifs is 1. The Bertz CT molecular complexity index is 815. The highest BCUT2D eigenvalue weighted by atomic mass is 127. The van der Waals surface area contributed by atoms with E-state index < -0.39 is 29.7 Å². The molecule has 3 heterocycles. The zero-order valence-corrected chi connectivity index (χ0v) is 13.0. The number of hydrogen-bond donors (Lipinski definition) is 3. The van der Waals surface area contributed by atoms with Gasteiger partial charge in [-0.15, -0.1) is 0 Å². The first-order valence-corrected chi connectivity index (χ1v) is 7.63. The summed E-state index contributed by atoms with van der Waals surface area (Å²) in [4.78, 5) is 24.6. The standard InChI is InChI=1S/C10H10IN7O4/c11-1-10(16-17-12)6(20)5(19)9(22-10)18-3-15-4-7(18)13-2-14-8(4)21/h2-3,5-6,9,19-20H,1H2,(H,13,14,21)/t5-,6+,9-,10-/m1/s1. The Balaban J connectivity index is 2.10. The van der Waals surface area contributed by atoms with E-state index in [1.54, 1.807) is 0 Å². The van der Waals surface area contributed by atoms with E-state index in [0.717, 1.165) is 0 Å². The van der Waals surface area contributed by atoms with Gasteiger partial charge in [0.1, 0.15) is 12.2 Å². The second-order valence-electron chi connectivity index (χ2n) is 4.67. The van der Waals surface area contributed by atoms with Crippen LogP contribution in [0, 0.1) is 0 Å². The molecular formula is C10H10IN7O4. The summed E-state index contributed by atoms with van der Waals surface area (Å²) in [6.45, 7) is 0. The Hall–Kier alpha value is -1.73. The second-order valence-corrected chi connectivity index (χ2v) is 5.43. The summed E-state index contributed by atoms with van der Waals surface area (Å²) in [6, 6.07) is 0.